The average Bonchev–Trinajstić information content (AvgIpc) is 2.25. The highest BCUT2D eigenvalue weighted by Crippen LogP contribution is 1.98. The lowest BCUT2D eigenvalue weighted by Crippen LogP contribution is -2.24. The number of aliphatic hydroxyl groups excluding tert-OH is 2. The summed E-state index contributed by atoms with van der Waals surface area (Å²) >= 11 is 0. The number of aliphatic hydroxyl groups is 2. The Bertz CT molecular complexity index is 141. The van der Waals surface area contributed by atoms with E-state index < -0.39 is 12.2 Å². The molecule has 15 heavy (non-hydrogen) atoms. The van der Waals surface area contributed by atoms with Crippen molar-refractivity contribution in [1.82, 2.24) is 0 Å². The van der Waals surface area contributed by atoms with Crippen LogP contribution in [0.4, 0.5) is 0 Å². The monoisotopic (exact) mass is 220 g/mol. The van der Waals surface area contributed by atoms with Crippen LogP contribution >= 0.6 is 0 Å². The number of hydrogen-bond acceptors (Lipinski definition) is 4. The minimum Gasteiger partial charge on any atom is -0.391 e. The Morgan fingerprint density at radius 3 is 2.00 bits per heavy atom. The van der Waals surface area contributed by atoms with Gasteiger partial charge in [-0.25, -0.2) is 0 Å². The van der Waals surface area contributed by atoms with Crippen LogP contribution in [0.1, 0.15) is 33.6 Å². The molecule has 0 bridgehead atoms. The highest BCUT2D eigenvalue weighted by molar-refractivity contribution is 4.55. The first-order valence-electron chi connectivity index (χ1n) is 5.65. The van der Waals surface area contributed by atoms with Gasteiger partial charge in [0, 0.05) is 0 Å². The van der Waals surface area contributed by atoms with Crippen LogP contribution < -0.4 is 0 Å². The SMILES string of the molecule is CCC(O)COCC(C)OCC(O)CC. The Kier molecular flexibility index (Phi) is 9.00. The van der Waals surface area contributed by atoms with E-state index in [1.165, 1.54) is 0 Å². The Morgan fingerprint density at radius 2 is 1.47 bits per heavy atom. The Morgan fingerprint density at radius 1 is 0.933 bits per heavy atom. The maximum Gasteiger partial charge on any atom is 0.0781 e. The van der Waals surface area contributed by atoms with Crippen molar-refractivity contribution in [2.45, 2.75) is 51.9 Å². The van der Waals surface area contributed by atoms with E-state index in [-0.39, 0.29) is 6.10 Å². The van der Waals surface area contributed by atoms with Gasteiger partial charge in [-0.2, -0.15) is 0 Å². The van der Waals surface area contributed by atoms with Gasteiger partial charge in [-0.05, 0) is 19.8 Å². The van der Waals surface area contributed by atoms with E-state index in [2.05, 4.69) is 0 Å². The molecule has 0 rings (SSSR count). The first kappa shape index (κ1) is 14.8. The van der Waals surface area contributed by atoms with E-state index in [0.29, 0.717) is 32.7 Å². The van der Waals surface area contributed by atoms with Crippen LogP contribution in [-0.4, -0.2) is 48.3 Å². The van der Waals surface area contributed by atoms with Crippen LogP contribution in [0.3, 0.4) is 0 Å². The molecular weight excluding hydrogens is 196 g/mol. The lowest BCUT2D eigenvalue weighted by atomic mass is 10.3. The maximum atomic E-state index is 9.25. The second-order valence-electron chi connectivity index (χ2n) is 3.81. The summed E-state index contributed by atoms with van der Waals surface area (Å²) in [5, 5.41) is 18.5. The molecule has 4 heteroatoms. The zero-order valence-corrected chi connectivity index (χ0v) is 9.98. The lowest BCUT2D eigenvalue weighted by molar-refractivity contribution is -0.0549. The summed E-state index contributed by atoms with van der Waals surface area (Å²) in [6.07, 6.45) is 0.564. The fraction of sp³-hybridized carbons (Fsp3) is 1.00. The zero-order chi connectivity index (χ0) is 11.7. The van der Waals surface area contributed by atoms with Gasteiger partial charge in [-0.3, -0.25) is 0 Å². The molecule has 4 nitrogen and oxygen atoms in total. The molecular formula is C11H24O4. The van der Waals surface area contributed by atoms with Gasteiger partial charge < -0.3 is 19.7 Å². The van der Waals surface area contributed by atoms with E-state index in [9.17, 15) is 10.2 Å². The average molecular weight is 220 g/mol. The van der Waals surface area contributed by atoms with Gasteiger partial charge in [-0.15, -0.1) is 0 Å². The lowest BCUT2D eigenvalue weighted by Gasteiger charge is -2.16. The largest absolute Gasteiger partial charge is 0.391 e. The zero-order valence-electron chi connectivity index (χ0n) is 9.98. The smallest absolute Gasteiger partial charge is 0.0781 e. The third-order valence-corrected chi connectivity index (χ3v) is 2.18. The molecule has 0 heterocycles. The quantitative estimate of drug-likeness (QED) is 0.607. The van der Waals surface area contributed by atoms with Crippen LogP contribution in [0, 0.1) is 0 Å². The highest BCUT2D eigenvalue weighted by atomic mass is 16.5. The summed E-state index contributed by atoms with van der Waals surface area (Å²) in [5.74, 6) is 0. The maximum absolute atomic E-state index is 9.25. The molecule has 3 unspecified atom stereocenters. The van der Waals surface area contributed by atoms with Gasteiger partial charge in [0.05, 0.1) is 38.1 Å². The molecule has 2 N–H and O–H groups in total. The van der Waals surface area contributed by atoms with Crippen molar-refractivity contribution in [1.29, 1.82) is 0 Å². The number of ether oxygens (including phenoxy) is 2. The van der Waals surface area contributed by atoms with Crippen LogP contribution in [0.2, 0.25) is 0 Å². The molecule has 0 aromatic heterocycles. The molecule has 0 aromatic carbocycles. The molecule has 92 valence electrons. The van der Waals surface area contributed by atoms with E-state index in [4.69, 9.17) is 9.47 Å². The number of hydrogen-bond donors (Lipinski definition) is 2. The van der Waals surface area contributed by atoms with Crippen molar-refractivity contribution >= 4 is 0 Å². The molecule has 0 fully saturated rings. The van der Waals surface area contributed by atoms with Crippen LogP contribution in [-0.2, 0) is 9.47 Å². The molecule has 0 radical (unpaired) electrons. The summed E-state index contributed by atoms with van der Waals surface area (Å²) in [7, 11) is 0. The summed E-state index contributed by atoms with van der Waals surface area (Å²) in [4.78, 5) is 0. The van der Waals surface area contributed by atoms with Gasteiger partial charge >= 0.3 is 0 Å². The van der Waals surface area contributed by atoms with Gasteiger partial charge in [0.25, 0.3) is 0 Å². The molecule has 0 amide bonds. The Hall–Kier alpha value is -0.160. The minimum atomic E-state index is -0.395. The van der Waals surface area contributed by atoms with E-state index in [0.717, 1.165) is 0 Å². The van der Waals surface area contributed by atoms with Gasteiger partial charge in [0.2, 0.25) is 0 Å². The standard InChI is InChI=1S/C11H24O4/c1-4-10(12)7-14-6-9(3)15-8-11(13)5-2/h9-13H,4-8H2,1-3H3. The van der Waals surface area contributed by atoms with Crippen molar-refractivity contribution in [2.75, 3.05) is 19.8 Å². The molecule has 0 aliphatic heterocycles. The number of rotatable bonds is 9. The topological polar surface area (TPSA) is 58.9 Å². The fourth-order valence-corrected chi connectivity index (χ4v) is 0.929. The highest BCUT2D eigenvalue weighted by Gasteiger charge is 2.07. The van der Waals surface area contributed by atoms with Crippen LogP contribution in [0.25, 0.3) is 0 Å². The van der Waals surface area contributed by atoms with Gasteiger partial charge in [-0.1, -0.05) is 13.8 Å². The van der Waals surface area contributed by atoms with Crippen LogP contribution in [0.15, 0.2) is 0 Å². The van der Waals surface area contributed by atoms with E-state index in [1.54, 1.807) is 0 Å². The van der Waals surface area contributed by atoms with E-state index in [1.807, 2.05) is 20.8 Å². The predicted molar refractivity (Wildman–Crippen MR) is 58.8 cm³/mol. The molecule has 0 saturated heterocycles. The Labute approximate surface area is 92.2 Å². The summed E-state index contributed by atoms with van der Waals surface area (Å²) in [6, 6.07) is 0. The minimum absolute atomic E-state index is 0.0461. The van der Waals surface area contributed by atoms with Crippen LogP contribution in [0.5, 0.6) is 0 Å². The van der Waals surface area contributed by atoms with Crippen molar-refractivity contribution < 1.29 is 19.7 Å². The molecule has 0 spiro atoms. The first-order chi connectivity index (χ1) is 7.10. The Balaban J connectivity index is 3.37. The van der Waals surface area contributed by atoms with Crippen molar-refractivity contribution in [3.63, 3.8) is 0 Å². The molecule has 0 aromatic rings. The third kappa shape index (κ3) is 8.81. The second-order valence-corrected chi connectivity index (χ2v) is 3.81. The fourth-order valence-electron chi connectivity index (χ4n) is 0.929. The van der Waals surface area contributed by atoms with Crippen molar-refractivity contribution in [2.24, 2.45) is 0 Å². The van der Waals surface area contributed by atoms with Gasteiger partial charge in [0.1, 0.15) is 0 Å². The normalized spacial score (nSPS) is 17.4. The van der Waals surface area contributed by atoms with Gasteiger partial charge in [0.15, 0.2) is 0 Å². The third-order valence-electron chi connectivity index (χ3n) is 2.18. The molecule has 0 aliphatic carbocycles. The summed E-state index contributed by atoms with van der Waals surface area (Å²) in [6.45, 7) is 6.85. The predicted octanol–water partition coefficient (Wildman–Crippen LogP) is 0.950. The second kappa shape index (κ2) is 9.09. The summed E-state index contributed by atoms with van der Waals surface area (Å²) in [5.41, 5.74) is 0. The molecule has 0 saturated carbocycles. The molecule has 0 aliphatic rings. The van der Waals surface area contributed by atoms with Crippen molar-refractivity contribution in [3.8, 4) is 0 Å². The molecule has 3 atom stereocenters. The van der Waals surface area contributed by atoms with Crippen molar-refractivity contribution in [3.05, 3.63) is 0 Å². The van der Waals surface area contributed by atoms with E-state index >= 15 is 0 Å². The summed E-state index contributed by atoms with van der Waals surface area (Å²) < 4.78 is 10.6. The first-order valence-corrected chi connectivity index (χ1v) is 5.65.